The molecule has 33 heavy (non-hydrogen) atoms. The summed E-state index contributed by atoms with van der Waals surface area (Å²) in [6.07, 6.45) is 8.94. The molecule has 0 bridgehead atoms. The number of hydrogen-bond donors (Lipinski definition) is 1. The standard InChI is InChI=1S/C26H32ClN5O/c1-3-17(2)29-21-15-19-14-20(27)9-12-23(19)32-24(16-21)30-31-26(32)18-7-10-22(11-8-18)33-25-6-4-5-13-28-25/h4-6,9,12-14,17-18,21-22,29H,3,7-8,10-11,15-16H2,1-2H3. The van der Waals surface area contributed by atoms with Crippen molar-refractivity contribution < 1.29 is 4.74 Å². The van der Waals surface area contributed by atoms with E-state index in [4.69, 9.17) is 21.4 Å². The Balaban J connectivity index is 1.38. The summed E-state index contributed by atoms with van der Waals surface area (Å²) in [4.78, 5) is 4.31. The van der Waals surface area contributed by atoms with Gasteiger partial charge in [-0.05, 0) is 75.3 Å². The first-order chi connectivity index (χ1) is 16.1. The zero-order chi connectivity index (χ0) is 22.8. The molecule has 0 spiro atoms. The zero-order valence-electron chi connectivity index (χ0n) is 19.4. The van der Waals surface area contributed by atoms with E-state index in [1.165, 1.54) is 11.3 Å². The number of nitrogens with zero attached hydrogens (tertiary/aromatic N) is 4. The maximum Gasteiger partial charge on any atom is 0.213 e. The minimum Gasteiger partial charge on any atom is -0.474 e. The van der Waals surface area contributed by atoms with Crippen LogP contribution in [0.4, 0.5) is 0 Å². The third-order valence-electron chi connectivity index (χ3n) is 7.03. The largest absolute Gasteiger partial charge is 0.474 e. The van der Waals surface area contributed by atoms with E-state index in [2.05, 4.69) is 45.9 Å². The van der Waals surface area contributed by atoms with Crippen LogP contribution in [-0.2, 0) is 12.8 Å². The molecule has 174 valence electrons. The highest BCUT2D eigenvalue weighted by Gasteiger charge is 2.32. The summed E-state index contributed by atoms with van der Waals surface area (Å²) >= 11 is 6.40. The molecular formula is C26H32ClN5O. The summed E-state index contributed by atoms with van der Waals surface area (Å²) in [5, 5.41) is 14.0. The fraction of sp³-hybridized carbons (Fsp3) is 0.500. The molecular weight excluding hydrogens is 434 g/mol. The lowest BCUT2D eigenvalue weighted by molar-refractivity contribution is 0.139. The normalized spacial score (nSPS) is 23.3. The molecule has 1 aromatic carbocycles. The molecule has 2 atom stereocenters. The monoisotopic (exact) mass is 465 g/mol. The molecule has 5 rings (SSSR count). The quantitative estimate of drug-likeness (QED) is 0.536. The summed E-state index contributed by atoms with van der Waals surface area (Å²) in [6.45, 7) is 4.46. The first-order valence-corrected chi connectivity index (χ1v) is 12.5. The molecule has 1 N–H and O–H groups in total. The molecule has 1 fully saturated rings. The molecule has 0 radical (unpaired) electrons. The van der Waals surface area contributed by atoms with Gasteiger partial charge in [-0.1, -0.05) is 24.6 Å². The molecule has 3 aromatic rings. The Morgan fingerprint density at radius 2 is 1.97 bits per heavy atom. The van der Waals surface area contributed by atoms with E-state index in [0.717, 1.165) is 61.6 Å². The van der Waals surface area contributed by atoms with Crippen LogP contribution < -0.4 is 10.1 Å². The molecule has 3 heterocycles. The van der Waals surface area contributed by atoms with Crippen molar-refractivity contribution in [3.05, 3.63) is 64.8 Å². The summed E-state index contributed by atoms with van der Waals surface area (Å²) in [6, 6.07) is 12.8. The highest BCUT2D eigenvalue weighted by molar-refractivity contribution is 6.30. The number of pyridine rings is 1. The van der Waals surface area contributed by atoms with E-state index < -0.39 is 0 Å². The Kier molecular flexibility index (Phi) is 6.65. The molecule has 6 nitrogen and oxygen atoms in total. The van der Waals surface area contributed by atoms with Gasteiger partial charge in [-0.15, -0.1) is 10.2 Å². The van der Waals surface area contributed by atoms with Crippen LogP contribution in [0.3, 0.4) is 0 Å². The van der Waals surface area contributed by atoms with Crippen LogP contribution in [0.5, 0.6) is 5.88 Å². The number of aromatic nitrogens is 4. The van der Waals surface area contributed by atoms with Gasteiger partial charge in [-0.25, -0.2) is 4.98 Å². The fourth-order valence-corrected chi connectivity index (χ4v) is 5.34. The van der Waals surface area contributed by atoms with Crippen LogP contribution in [0.1, 0.15) is 69.1 Å². The zero-order valence-corrected chi connectivity index (χ0v) is 20.1. The SMILES string of the molecule is CCC(C)NC1Cc2cc(Cl)ccc2-n2c(nnc2C2CCC(Oc3ccccn3)CC2)C1. The maximum atomic E-state index is 6.40. The third-order valence-corrected chi connectivity index (χ3v) is 7.27. The second kappa shape index (κ2) is 9.82. The second-order valence-electron chi connectivity index (χ2n) is 9.42. The molecule has 1 aliphatic carbocycles. The van der Waals surface area contributed by atoms with Crippen molar-refractivity contribution >= 4 is 11.6 Å². The van der Waals surface area contributed by atoms with E-state index in [9.17, 15) is 0 Å². The van der Waals surface area contributed by atoms with Gasteiger partial charge < -0.3 is 10.1 Å². The van der Waals surface area contributed by atoms with Gasteiger partial charge in [0, 0.05) is 41.7 Å². The number of nitrogens with one attached hydrogen (secondary N) is 1. The highest BCUT2D eigenvalue weighted by atomic mass is 35.5. The first kappa shape index (κ1) is 22.4. The van der Waals surface area contributed by atoms with Gasteiger partial charge in [0.05, 0.1) is 5.69 Å². The first-order valence-electron chi connectivity index (χ1n) is 12.2. The predicted molar refractivity (Wildman–Crippen MR) is 130 cm³/mol. The Hall–Kier alpha value is -2.44. The highest BCUT2D eigenvalue weighted by Crippen LogP contribution is 2.37. The average Bonchev–Trinajstić information content (AvgIpc) is 3.17. The van der Waals surface area contributed by atoms with Crippen LogP contribution in [0.2, 0.25) is 5.02 Å². The Bertz CT molecular complexity index is 1080. The maximum absolute atomic E-state index is 6.40. The van der Waals surface area contributed by atoms with Crippen molar-refractivity contribution in [2.45, 2.75) is 82.9 Å². The fourth-order valence-electron chi connectivity index (χ4n) is 5.15. The number of ether oxygens (including phenoxy) is 1. The lowest BCUT2D eigenvalue weighted by Gasteiger charge is -2.28. The van der Waals surface area contributed by atoms with Gasteiger partial charge in [-0.3, -0.25) is 4.57 Å². The molecule has 1 saturated carbocycles. The summed E-state index contributed by atoms with van der Waals surface area (Å²) in [7, 11) is 0. The smallest absolute Gasteiger partial charge is 0.213 e. The number of rotatable bonds is 6. The Labute approximate surface area is 200 Å². The molecule has 1 aliphatic heterocycles. The summed E-state index contributed by atoms with van der Waals surface area (Å²) in [5.41, 5.74) is 2.44. The van der Waals surface area contributed by atoms with E-state index in [1.807, 2.05) is 24.3 Å². The van der Waals surface area contributed by atoms with Gasteiger partial charge in [0.15, 0.2) is 0 Å². The van der Waals surface area contributed by atoms with E-state index in [-0.39, 0.29) is 6.10 Å². The van der Waals surface area contributed by atoms with E-state index >= 15 is 0 Å². The van der Waals surface area contributed by atoms with Crippen molar-refractivity contribution in [2.75, 3.05) is 0 Å². The minimum absolute atomic E-state index is 0.206. The number of fused-ring (bicyclic) bond motifs is 3. The average molecular weight is 466 g/mol. The third kappa shape index (κ3) is 4.92. The Morgan fingerprint density at radius 1 is 1.12 bits per heavy atom. The van der Waals surface area contributed by atoms with Crippen molar-refractivity contribution in [1.29, 1.82) is 0 Å². The van der Waals surface area contributed by atoms with Crippen molar-refractivity contribution in [1.82, 2.24) is 25.1 Å². The molecule has 0 amide bonds. The Morgan fingerprint density at radius 3 is 2.73 bits per heavy atom. The van der Waals surface area contributed by atoms with Gasteiger partial charge >= 0.3 is 0 Å². The number of hydrogen-bond acceptors (Lipinski definition) is 5. The lowest BCUT2D eigenvalue weighted by atomic mass is 9.86. The molecule has 0 saturated heterocycles. The lowest BCUT2D eigenvalue weighted by Crippen LogP contribution is -2.39. The minimum atomic E-state index is 0.206. The van der Waals surface area contributed by atoms with Crippen LogP contribution in [-0.4, -0.2) is 37.9 Å². The summed E-state index contributed by atoms with van der Waals surface area (Å²) < 4.78 is 8.42. The predicted octanol–water partition coefficient (Wildman–Crippen LogP) is 5.28. The van der Waals surface area contributed by atoms with Gasteiger partial charge in [0.2, 0.25) is 5.88 Å². The van der Waals surface area contributed by atoms with Crippen LogP contribution in [0, 0.1) is 0 Å². The van der Waals surface area contributed by atoms with Gasteiger partial charge in [0.1, 0.15) is 17.8 Å². The van der Waals surface area contributed by atoms with Crippen LogP contribution in [0.15, 0.2) is 42.6 Å². The van der Waals surface area contributed by atoms with Crippen molar-refractivity contribution in [3.63, 3.8) is 0 Å². The van der Waals surface area contributed by atoms with Crippen molar-refractivity contribution in [2.24, 2.45) is 0 Å². The summed E-state index contributed by atoms with van der Waals surface area (Å²) in [5.74, 6) is 3.20. The second-order valence-corrected chi connectivity index (χ2v) is 9.86. The van der Waals surface area contributed by atoms with Crippen molar-refractivity contribution in [3.8, 4) is 11.6 Å². The molecule has 2 aromatic heterocycles. The molecule has 2 aliphatic rings. The van der Waals surface area contributed by atoms with Crippen LogP contribution >= 0.6 is 11.6 Å². The molecule has 7 heteroatoms. The van der Waals surface area contributed by atoms with Crippen LogP contribution in [0.25, 0.3) is 5.69 Å². The molecule has 2 unspecified atom stereocenters. The van der Waals surface area contributed by atoms with E-state index in [0.29, 0.717) is 23.9 Å². The number of halogens is 1. The van der Waals surface area contributed by atoms with Gasteiger partial charge in [-0.2, -0.15) is 0 Å². The van der Waals surface area contributed by atoms with E-state index in [1.54, 1.807) is 6.20 Å². The van der Waals surface area contributed by atoms with Gasteiger partial charge in [0.25, 0.3) is 0 Å². The topological polar surface area (TPSA) is 64.9 Å². The number of benzene rings is 1.